The van der Waals surface area contributed by atoms with Gasteiger partial charge >= 0.3 is 0 Å². The lowest BCUT2D eigenvalue weighted by molar-refractivity contribution is 0.0966. The summed E-state index contributed by atoms with van der Waals surface area (Å²) in [5.41, 5.74) is 3.81. The summed E-state index contributed by atoms with van der Waals surface area (Å²) in [6, 6.07) is 14.0. The second kappa shape index (κ2) is 4.01. The highest BCUT2D eigenvalue weighted by molar-refractivity contribution is 5.97. The summed E-state index contributed by atoms with van der Waals surface area (Å²) in [5.74, 6) is -0.0150. The molecule has 1 amide bonds. The molecule has 0 atom stereocenters. The fourth-order valence-corrected chi connectivity index (χ4v) is 2.05. The summed E-state index contributed by atoms with van der Waals surface area (Å²) >= 11 is 0. The minimum atomic E-state index is -0.0150. The first-order valence-corrected chi connectivity index (χ1v) is 5.64. The van der Waals surface area contributed by atoms with Crippen molar-refractivity contribution in [3.63, 3.8) is 0 Å². The predicted molar refractivity (Wildman–Crippen MR) is 64.7 cm³/mol. The van der Waals surface area contributed by atoms with E-state index in [-0.39, 0.29) is 5.91 Å². The van der Waals surface area contributed by atoms with Gasteiger partial charge < -0.3 is 5.32 Å². The molecule has 3 rings (SSSR count). The molecular weight excluding hydrogens is 212 g/mol. The smallest absolute Gasteiger partial charge is 0.253 e. The van der Waals surface area contributed by atoms with Gasteiger partial charge in [0.25, 0.3) is 5.91 Å². The van der Waals surface area contributed by atoms with E-state index in [0.29, 0.717) is 12.1 Å². The maximum absolute atomic E-state index is 11.4. The van der Waals surface area contributed by atoms with Crippen LogP contribution in [0.5, 0.6) is 0 Å². The lowest BCUT2D eigenvalue weighted by atomic mass is 10.1. The lowest BCUT2D eigenvalue weighted by Gasteiger charge is -2.02. The maximum atomic E-state index is 11.4. The van der Waals surface area contributed by atoms with Crippen LogP contribution in [-0.2, 0) is 13.0 Å². The topological polar surface area (TPSA) is 42.0 Å². The monoisotopic (exact) mass is 224 g/mol. The van der Waals surface area contributed by atoms with Gasteiger partial charge in [-0.25, -0.2) is 0 Å². The number of aromatic nitrogens is 1. The molecular formula is C14H12N2O. The van der Waals surface area contributed by atoms with E-state index in [9.17, 15) is 4.79 Å². The summed E-state index contributed by atoms with van der Waals surface area (Å²) in [5, 5.41) is 2.77. The average Bonchev–Trinajstić information content (AvgIpc) is 2.72. The Morgan fingerprint density at radius 3 is 2.76 bits per heavy atom. The largest absolute Gasteiger partial charge is 0.346 e. The van der Waals surface area contributed by atoms with E-state index < -0.39 is 0 Å². The van der Waals surface area contributed by atoms with Crippen LogP contribution in [0.4, 0.5) is 0 Å². The third-order valence-electron chi connectivity index (χ3n) is 2.92. The molecule has 1 aliphatic heterocycles. The minimum Gasteiger partial charge on any atom is -0.346 e. The summed E-state index contributed by atoms with van der Waals surface area (Å²) in [6.07, 6.45) is 0.808. The number of amides is 1. The Kier molecular flexibility index (Phi) is 2.37. The van der Waals surface area contributed by atoms with E-state index in [0.717, 1.165) is 17.8 Å². The van der Waals surface area contributed by atoms with Crippen molar-refractivity contribution < 1.29 is 4.79 Å². The molecule has 84 valence electrons. The van der Waals surface area contributed by atoms with Crippen molar-refractivity contribution in [2.75, 3.05) is 0 Å². The molecule has 0 aliphatic carbocycles. The standard InChI is InChI=1S/C14H12N2O/c17-14-12-7-6-11(16-13(12)9-15-14)8-10-4-2-1-3-5-10/h1-7H,8-9H2,(H,15,17). The molecule has 3 nitrogen and oxygen atoms in total. The zero-order valence-corrected chi connectivity index (χ0v) is 9.31. The number of benzene rings is 1. The van der Waals surface area contributed by atoms with Crippen molar-refractivity contribution in [1.82, 2.24) is 10.3 Å². The van der Waals surface area contributed by atoms with E-state index in [1.54, 1.807) is 0 Å². The maximum Gasteiger partial charge on any atom is 0.253 e. The zero-order valence-electron chi connectivity index (χ0n) is 9.31. The molecule has 1 aromatic carbocycles. The van der Waals surface area contributed by atoms with Gasteiger partial charge in [-0.2, -0.15) is 0 Å². The van der Waals surface area contributed by atoms with Crippen molar-refractivity contribution in [1.29, 1.82) is 0 Å². The number of fused-ring (bicyclic) bond motifs is 1. The fourth-order valence-electron chi connectivity index (χ4n) is 2.05. The Morgan fingerprint density at radius 1 is 1.12 bits per heavy atom. The van der Waals surface area contributed by atoms with Gasteiger partial charge in [0.1, 0.15) is 0 Å². The number of nitrogens with zero attached hydrogens (tertiary/aromatic N) is 1. The molecule has 0 saturated carbocycles. The molecule has 0 saturated heterocycles. The molecule has 0 radical (unpaired) electrons. The van der Waals surface area contributed by atoms with Gasteiger partial charge in [0.15, 0.2) is 0 Å². The number of hydrogen-bond acceptors (Lipinski definition) is 2. The number of rotatable bonds is 2. The van der Waals surface area contributed by atoms with Crippen molar-refractivity contribution in [2.24, 2.45) is 0 Å². The second-order valence-corrected chi connectivity index (χ2v) is 4.14. The Labute approximate surface area is 99.5 Å². The summed E-state index contributed by atoms with van der Waals surface area (Å²) < 4.78 is 0. The van der Waals surface area contributed by atoms with E-state index >= 15 is 0 Å². The molecule has 0 spiro atoms. The molecule has 0 unspecified atom stereocenters. The van der Waals surface area contributed by atoms with Crippen LogP contribution in [0.25, 0.3) is 0 Å². The van der Waals surface area contributed by atoms with Crippen molar-refractivity contribution in [2.45, 2.75) is 13.0 Å². The Hall–Kier alpha value is -2.16. The van der Waals surface area contributed by atoms with Gasteiger partial charge in [0.2, 0.25) is 0 Å². The molecule has 1 N–H and O–H groups in total. The summed E-state index contributed by atoms with van der Waals surface area (Å²) in [6.45, 7) is 0.552. The third kappa shape index (κ3) is 1.91. The van der Waals surface area contributed by atoms with Gasteiger partial charge in [-0.05, 0) is 17.7 Å². The number of hydrogen-bond donors (Lipinski definition) is 1. The molecule has 3 heteroatoms. The van der Waals surface area contributed by atoms with E-state index in [1.807, 2.05) is 30.3 Å². The average molecular weight is 224 g/mol. The van der Waals surface area contributed by atoms with Crippen LogP contribution in [0.3, 0.4) is 0 Å². The Morgan fingerprint density at radius 2 is 1.94 bits per heavy atom. The normalized spacial score (nSPS) is 13.3. The molecule has 1 aliphatic rings. The first kappa shape index (κ1) is 10.0. The number of nitrogens with one attached hydrogen (secondary N) is 1. The van der Waals surface area contributed by atoms with Gasteiger partial charge in [0.05, 0.1) is 17.8 Å². The number of carbonyl (C=O) groups excluding carboxylic acids is 1. The van der Waals surface area contributed by atoms with Gasteiger partial charge in [-0.15, -0.1) is 0 Å². The SMILES string of the molecule is O=C1NCc2nc(Cc3ccccc3)ccc21. The van der Waals surface area contributed by atoms with Gasteiger partial charge in [0, 0.05) is 12.1 Å². The second-order valence-electron chi connectivity index (χ2n) is 4.14. The van der Waals surface area contributed by atoms with Crippen molar-refractivity contribution in [3.05, 3.63) is 65.0 Å². The number of pyridine rings is 1. The molecule has 0 fully saturated rings. The van der Waals surface area contributed by atoms with Crippen LogP contribution >= 0.6 is 0 Å². The Bertz CT molecular complexity index is 564. The van der Waals surface area contributed by atoms with E-state index in [2.05, 4.69) is 22.4 Å². The Balaban J connectivity index is 1.88. The summed E-state index contributed by atoms with van der Waals surface area (Å²) in [7, 11) is 0. The van der Waals surface area contributed by atoms with Gasteiger partial charge in [-0.1, -0.05) is 30.3 Å². The predicted octanol–water partition coefficient (Wildman–Crippen LogP) is 1.92. The molecule has 1 aromatic heterocycles. The molecule has 2 heterocycles. The minimum absolute atomic E-state index is 0.0150. The highest BCUT2D eigenvalue weighted by Crippen LogP contribution is 2.15. The van der Waals surface area contributed by atoms with Crippen LogP contribution in [0, 0.1) is 0 Å². The van der Waals surface area contributed by atoms with Crippen LogP contribution in [0.2, 0.25) is 0 Å². The van der Waals surface area contributed by atoms with Crippen LogP contribution in [0.15, 0.2) is 42.5 Å². The molecule has 2 aromatic rings. The van der Waals surface area contributed by atoms with Crippen LogP contribution in [-0.4, -0.2) is 10.9 Å². The van der Waals surface area contributed by atoms with E-state index in [1.165, 1.54) is 5.56 Å². The molecule has 17 heavy (non-hydrogen) atoms. The summed E-state index contributed by atoms with van der Waals surface area (Å²) in [4.78, 5) is 15.9. The fraction of sp³-hybridized carbons (Fsp3) is 0.143. The van der Waals surface area contributed by atoms with Crippen LogP contribution < -0.4 is 5.32 Å². The lowest BCUT2D eigenvalue weighted by Crippen LogP contribution is -2.12. The first-order valence-electron chi connectivity index (χ1n) is 5.64. The highest BCUT2D eigenvalue weighted by atomic mass is 16.1. The van der Waals surface area contributed by atoms with Crippen molar-refractivity contribution in [3.8, 4) is 0 Å². The molecule has 0 bridgehead atoms. The third-order valence-corrected chi connectivity index (χ3v) is 2.92. The van der Waals surface area contributed by atoms with Crippen molar-refractivity contribution >= 4 is 5.91 Å². The van der Waals surface area contributed by atoms with E-state index in [4.69, 9.17) is 0 Å². The highest BCUT2D eigenvalue weighted by Gasteiger charge is 2.19. The number of carbonyl (C=O) groups is 1. The zero-order chi connectivity index (χ0) is 11.7. The first-order chi connectivity index (χ1) is 8.33. The quantitative estimate of drug-likeness (QED) is 0.846. The van der Waals surface area contributed by atoms with Gasteiger partial charge in [-0.3, -0.25) is 9.78 Å². The van der Waals surface area contributed by atoms with Crippen LogP contribution in [0.1, 0.15) is 27.3 Å².